The normalized spacial score (nSPS) is 22.1. The first-order valence-electron chi connectivity index (χ1n) is 12.9. The summed E-state index contributed by atoms with van der Waals surface area (Å²) in [7, 11) is 0. The Morgan fingerprint density at radius 3 is 1.28 bits per heavy atom. The summed E-state index contributed by atoms with van der Waals surface area (Å²) in [4.78, 5) is 53.0. The number of carbonyl (C=O) groups excluding carboxylic acids is 4. The Bertz CT molecular complexity index is 1050. The van der Waals surface area contributed by atoms with E-state index < -0.39 is 0 Å². The quantitative estimate of drug-likeness (QED) is 0.633. The lowest BCUT2D eigenvalue weighted by molar-refractivity contribution is -0.125. The van der Waals surface area contributed by atoms with Crippen molar-refractivity contribution >= 4 is 46.4 Å². The van der Waals surface area contributed by atoms with Crippen LogP contribution >= 0.6 is 0 Å². The highest BCUT2D eigenvalue weighted by atomic mass is 16.2. The molecule has 0 atom stereocenters. The molecule has 5 rings (SSSR count). The van der Waals surface area contributed by atoms with E-state index in [1.165, 1.54) is 0 Å². The van der Waals surface area contributed by atoms with Crippen molar-refractivity contribution < 1.29 is 19.2 Å². The lowest BCUT2D eigenvalue weighted by Gasteiger charge is -2.27. The molecular formula is C28H32N4O4. The van der Waals surface area contributed by atoms with Gasteiger partial charge in [-0.1, -0.05) is 0 Å². The summed E-state index contributed by atoms with van der Waals surface area (Å²) in [5.74, 6) is 0.000443. The van der Waals surface area contributed by atoms with E-state index in [0.29, 0.717) is 49.9 Å². The van der Waals surface area contributed by atoms with Gasteiger partial charge in [-0.15, -0.1) is 0 Å². The van der Waals surface area contributed by atoms with Gasteiger partial charge in [-0.3, -0.25) is 19.2 Å². The zero-order chi connectivity index (χ0) is 25.1. The molecular weight excluding hydrogens is 456 g/mol. The van der Waals surface area contributed by atoms with E-state index in [1.807, 2.05) is 48.5 Å². The highest BCUT2D eigenvalue weighted by Crippen LogP contribution is 2.31. The van der Waals surface area contributed by atoms with Crippen LogP contribution in [0.5, 0.6) is 0 Å². The number of nitrogens with zero attached hydrogens (tertiary/aromatic N) is 2. The summed E-state index contributed by atoms with van der Waals surface area (Å²) in [6.45, 7) is 1.48. The van der Waals surface area contributed by atoms with Crippen molar-refractivity contribution in [2.75, 3.05) is 33.5 Å². The van der Waals surface area contributed by atoms with Crippen LogP contribution in [-0.2, 0) is 19.2 Å². The molecule has 36 heavy (non-hydrogen) atoms. The molecule has 8 nitrogen and oxygen atoms in total. The largest absolute Gasteiger partial charge is 0.326 e. The predicted octanol–water partition coefficient (Wildman–Crippen LogP) is 4.32. The van der Waals surface area contributed by atoms with Crippen LogP contribution in [0.1, 0.15) is 51.4 Å². The molecule has 0 bridgehead atoms. The van der Waals surface area contributed by atoms with Gasteiger partial charge in [0.1, 0.15) is 0 Å². The second kappa shape index (κ2) is 10.5. The predicted molar refractivity (Wildman–Crippen MR) is 139 cm³/mol. The van der Waals surface area contributed by atoms with Crippen molar-refractivity contribution in [3.05, 3.63) is 48.5 Å². The van der Waals surface area contributed by atoms with E-state index in [0.717, 1.165) is 37.3 Å². The Morgan fingerprint density at radius 1 is 0.611 bits per heavy atom. The van der Waals surface area contributed by atoms with Gasteiger partial charge >= 0.3 is 0 Å². The number of anilines is 4. The maximum absolute atomic E-state index is 12.8. The summed E-state index contributed by atoms with van der Waals surface area (Å²) in [5.41, 5.74) is 3.16. The molecule has 0 aromatic heterocycles. The number of nitrogens with one attached hydrogen (secondary N) is 2. The molecule has 2 aliphatic heterocycles. The number of benzene rings is 2. The van der Waals surface area contributed by atoms with Crippen molar-refractivity contribution in [1.82, 2.24) is 0 Å². The first-order chi connectivity index (χ1) is 17.5. The Labute approximate surface area is 211 Å². The average Bonchev–Trinajstić information content (AvgIpc) is 3.53. The topological polar surface area (TPSA) is 98.8 Å². The van der Waals surface area contributed by atoms with E-state index in [2.05, 4.69) is 10.6 Å². The van der Waals surface area contributed by atoms with Crippen LogP contribution in [0.3, 0.4) is 0 Å². The van der Waals surface area contributed by atoms with Crippen molar-refractivity contribution in [3.8, 4) is 0 Å². The van der Waals surface area contributed by atoms with E-state index >= 15 is 0 Å². The van der Waals surface area contributed by atoms with Gasteiger partial charge in [0.15, 0.2) is 0 Å². The summed E-state index contributed by atoms with van der Waals surface area (Å²) < 4.78 is 0. The summed E-state index contributed by atoms with van der Waals surface area (Å²) in [6, 6.07) is 14.8. The van der Waals surface area contributed by atoms with Crippen molar-refractivity contribution in [2.24, 2.45) is 11.8 Å². The fraction of sp³-hybridized carbons (Fsp3) is 0.429. The van der Waals surface area contributed by atoms with Crippen LogP contribution in [0.2, 0.25) is 0 Å². The highest BCUT2D eigenvalue weighted by molar-refractivity contribution is 5.98. The number of carbonyl (C=O) groups is 4. The van der Waals surface area contributed by atoms with Gasteiger partial charge in [0.05, 0.1) is 0 Å². The van der Waals surface area contributed by atoms with Gasteiger partial charge in [0.2, 0.25) is 23.6 Å². The van der Waals surface area contributed by atoms with Crippen LogP contribution in [0.25, 0.3) is 0 Å². The van der Waals surface area contributed by atoms with Gasteiger partial charge in [-0.2, -0.15) is 0 Å². The zero-order valence-corrected chi connectivity index (χ0v) is 20.4. The van der Waals surface area contributed by atoms with Crippen LogP contribution in [0.15, 0.2) is 48.5 Å². The standard InChI is InChI=1S/C28H32N4O4/c33-25-3-1-17-31(25)23-13-9-21(10-14-23)29-27(35)19-5-7-20(8-6-19)28(36)30-22-11-15-24(16-12-22)32-18-2-4-26(32)34/h9-16,19-20H,1-8,17-18H2,(H,29,35)(H,30,36). The van der Waals surface area contributed by atoms with Crippen molar-refractivity contribution in [2.45, 2.75) is 51.4 Å². The average molecular weight is 489 g/mol. The minimum absolute atomic E-state index is 0.0223. The molecule has 2 heterocycles. The maximum atomic E-state index is 12.8. The van der Waals surface area contributed by atoms with Gasteiger partial charge in [-0.25, -0.2) is 0 Å². The molecule has 8 heteroatoms. The molecule has 3 fully saturated rings. The molecule has 1 aliphatic carbocycles. The molecule has 2 aromatic rings. The molecule has 0 unspecified atom stereocenters. The van der Waals surface area contributed by atoms with E-state index in [1.54, 1.807) is 9.80 Å². The molecule has 2 aromatic carbocycles. The lowest BCUT2D eigenvalue weighted by Crippen LogP contribution is -2.32. The monoisotopic (exact) mass is 488 g/mol. The second-order valence-corrected chi connectivity index (χ2v) is 9.92. The minimum atomic E-state index is -0.119. The molecule has 2 saturated heterocycles. The first kappa shape index (κ1) is 24.0. The Morgan fingerprint density at radius 2 is 0.972 bits per heavy atom. The maximum Gasteiger partial charge on any atom is 0.227 e. The second-order valence-electron chi connectivity index (χ2n) is 9.92. The van der Waals surface area contributed by atoms with Gasteiger partial charge in [-0.05, 0) is 87.1 Å². The molecule has 188 valence electrons. The number of hydrogen-bond donors (Lipinski definition) is 2. The van der Waals surface area contributed by atoms with Crippen LogP contribution in [-0.4, -0.2) is 36.7 Å². The fourth-order valence-corrected chi connectivity index (χ4v) is 5.40. The van der Waals surface area contributed by atoms with Crippen LogP contribution in [0.4, 0.5) is 22.7 Å². The Balaban J connectivity index is 1.08. The Kier molecular flexibility index (Phi) is 7.02. The van der Waals surface area contributed by atoms with Gasteiger partial charge < -0.3 is 20.4 Å². The van der Waals surface area contributed by atoms with Crippen molar-refractivity contribution in [3.63, 3.8) is 0 Å². The summed E-state index contributed by atoms with van der Waals surface area (Å²) in [5, 5.41) is 5.97. The number of hydrogen-bond acceptors (Lipinski definition) is 4. The lowest BCUT2D eigenvalue weighted by atomic mass is 9.81. The van der Waals surface area contributed by atoms with E-state index in [9.17, 15) is 19.2 Å². The van der Waals surface area contributed by atoms with E-state index in [-0.39, 0.29) is 35.5 Å². The smallest absolute Gasteiger partial charge is 0.227 e. The molecule has 4 amide bonds. The summed E-state index contributed by atoms with van der Waals surface area (Å²) >= 11 is 0. The zero-order valence-electron chi connectivity index (χ0n) is 20.4. The van der Waals surface area contributed by atoms with Crippen LogP contribution < -0.4 is 20.4 Å². The third-order valence-electron chi connectivity index (χ3n) is 7.51. The van der Waals surface area contributed by atoms with E-state index in [4.69, 9.17) is 0 Å². The third kappa shape index (κ3) is 5.27. The number of amides is 4. The molecule has 0 spiro atoms. The van der Waals surface area contributed by atoms with Crippen molar-refractivity contribution in [1.29, 1.82) is 0 Å². The summed E-state index contributed by atoms with van der Waals surface area (Å²) in [6.07, 6.45) is 5.61. The minimum Gasteiger partial charge on any atom is -0.326 e. The number of rotatable bonds is 6. The molecule has 0 radical (unpaired) electrons. The molecule has 3 aliphatic rings. The van der Waals surface area contributed by atoms with Gasteiger partial charge in [0, 0.05) is 60.5 Å². The third-order valence-corrected chi connectivity index (χ3v) is 7.51. The van der Waals surface area contributed by atoms with Crippen LogP contribution in [0, 0.1) is 11.8 Å². The fourth-order valence-electron chi connectivity index (χ4n) is 5.40. The SMILES string of the molecule is O=C(Nc1ccc(N2CCCC2=O)cc1)C1CCC(C(=O)Nc2ccc(N3CCCC3=O)cc2)CC1. The first-order valence-corrected chi connectivity index (χ1v) is 12.9. The highest BCUT2D eigenvalue weighted by Gasteiger charge is 2.30. The van der Waals surface area contributed by atoms with Gasteiger partial charge in [0.25, 0.3) is 0 Å². The molecule has 1 saturated carbocycles. The molecule has 2 N–H and O–H groups in total. The Hall–Kier alpha value is -3.68.